The molecule has 0 unspecified atom stereocenters. The molecule has 0 atom stereocenters. The zero-order valence-electron chi connectivity index (χ0n) is 15.7. The second kappa shape index (κ2) is 7.86. The molecule has 1 amide bonds. The second-order valence-corrected chi connectivity index (χ2v) is 9.46. The van der Waals surface area contributed by atoms with Crippen LogP contribution in [0.3, 0.4) is 0 Å². The maximum Gasteiger partial charge on any atom is 0.414 e. The molecule has 2 heterocycles. The van der Waals surface area contributed by atoms with Gasteiger partial charge in [-0.15, -0.1) is 0 Å². The average Bonchev–Trinajstić information content (AvgIpc) is 2.74. The zero-order valence-corrected chi connectivity index (χ0v) is 17.3. The van der Waals surface area contributed by atoms with Crippen molar-refractivity contribution in [3.63, 3.8) is 0 Å². The summed E-state index contributed by atoms with van der Waals surface area (Å²) in [5.74, 6) is 0. The first kappa shape index (κ1) is 20.6. The van der Waals surface area contributed by atoms with Crippen molar-refractivity contribution in [3.05, 3.63) is 63.2 Å². The molecule has 1 saturated heterocycles. The number of carbonyl (C=O) groups excluding carboxylic acids is 1. The Morgan fingerprint density at radius 3 is 2.40 bits per heavy atom. The van der Waals surface area contributed by atoms with Crippen molar-refractivity contribution in [3.8, 4) is 0 Å². The predicted molar refractivity (Wildman–Crippen MR) is 109 cm³/mol. The number of carbonyl (C=O) groups is 1. The minimum Gasteiger partial charge on any atom is -0.444 e. The number of sulfonamides is 1. The van der Waals surface area contributed by atoms with E-state index in [2.05, 4.69) is 0 Å². The number of nitro groups is 1. The van der Waals surface area contributed by atoms with Gasteiger partial charge in [-0.3, -0.25) is 15.0 Å². The summed E-state index contributed by atoms with van der Waals surface area (Å²) in [5, 5.41) is 11.3. The molecule has 1 fully saturated rings. The molecule has 30 heavy (non-hydrogen) atoms. The van der Waals surface area contributed by atoms with Crippen LogP contribution in [0.2, 0.25) is 5.02 Å². The highest BCUT2D eigenvalue weighted by Crippen LogP contribution is 2.34. The smallest absolute Gasteiger partial charge is 0.414 e. The fourth-order valence-electron chi connectivity index (χ4n) is 3.79. The first-order chi connectivity index (χ1) is 14.3. The summed E-state index contributed by atoms with van der Waals surface area (Å²) in [6, 6.07) is 9.85. The number of nitrogens with zero attached hydrogens (tertiary/aromatic N) is 3. The number of benzene rings is 2. The number of amides is 1. The molecule has 0 saturated carbocycles. The maximum atomic E-state index is 12.9. The number of rotatable bonds is 4. The monoisotopic (exact) mass is 451 g/mol. The largest absolute Gasteiger partial charge is 0.444 e. The Bertz CT molecular complexity index is 1100. The van der Waals surface area contributed by atoms with Crippen molar-refractivity contribution in [1.29, 1.82) is 0 Å². The maximum absolute atomic E-state index is 12.9. The number of anilines is 1. The van der Waals surface area contributed by atoms with Gasteiger partial charge in [-0.25, -0.2) is 13.2 Å². The van der Waals surface area contributed by atoms with Gasteiger partial charge in [0.15, 0.2) is 0 Å². The fourth-order valence-corrected chi connectivity index (χ4v) is 5.45. The van der Waals surface area contributed by atoms with Crippen LogP contribution in [0.4, 0.5) is 16.2 Å². The Kier molecular flexibility index (Phi) is 5.39. The minimum atomic E-state index is -3.78. The number of fused-ring (bicyclic) bond motifs is 1. The Labute approximate surface area is 178 Å². The molecule has 11 heteroatoms. The summed E-state index contributed by atoms with van der Waals surface area (Å²) in [7, 11) is -3.78. The van der Waals surface area contributed by atoms with E-state index in [1.54, 1.807) is 23.1 Å². The first-order valence-corrected chi connectivity index (χ1v) is 11.1. The quantitative estimate of drug-likeness (QED) is 0.519. The van der Waals surface area contributed by atoms with Crippen LogP contribution < -0.4 is 4.90 Å². The number of piperidine rings is 1. The van der Waals surface area contributed by atoms with Crippen molar-refractivity contribution in [2.75, 3.05) is 18.0 Å². The molecule has 0 aromatic heterocycles. The van der Waals surface area contributed by atoms with E-state index < -0.39 is 21.0 Å². The third kappa shape index (κ3) is 3.73. The van der Waals surface area contributed by atoms with E-state index in [1.807, 2.05) is 0 Å². The van der Waals surface area contributed by atoms with Crippen LogP contribution in [0, 0.1) is 10.1 Å². The normalized spacial score (nSPS) is 18.0. The van der Waals surface area contributed by atoms with Gasteiger partial charge >= 0.3 is 6.09 Å². The molecular weight excluding hydrogens is 434 g/mol. The van der Waals surface area contributed by atoms with Gasteiger partial charge in [0.1, 0.15) is 6.61 Å². The highest BCUT2D eigenvalue weighted by molar-refractivity contribution is 7.89. The van der Waals surface area contributed by atoms with Crippen LogP contribution >= 0.6 is 11.6 Å². The number of cyclic esters (lactones) is 1. The van der Waals surface area contributed by atoms with Gasteiger partial charge in [-0.1, -0.05) is 11.6 Å². The molecule has 0 spiro atoms. The lowest BCUT2D eigenvalue weighted by Gasteiger charge is -2.39. The van der Waals surface area contributed by atoms with Crippen molar-refractivity contribution >= 4 is 39.1 Å². The Morgan fingerprint density at radius 1 is 1.10 bits per heavy atom. The summed E-state index contributed by atoms with van der Waals surface area (Å²) in [4.78, 5) is 24.2. The Morgan fingerprint density at radius 2 is 1.77 bits per heavy atom. The summed E-state index contributed by atoms with van der Waals surface area (Å²) in [6.45, 7) is 0.589. The Balaban J connectivity index is 1.50. The summed E-state index contributed by atoms with van der Waals surface area (Å²) in [6.07, 6.45) is 0.411. The molecule has 9 nitrogen and oxygen atoms in total. The van der Waals surface area contributed by atoms with Gasteiger partial charge in [0.2, 0.25) is 10.0 Å². The van der Waals surface area contributed by atoms with E-state index in [0.717, 1.165) is 11.3 Å². The molecule has 0 N–H and O–H groups in total. The average molecular weight is 452 g/mol. The van der Waals surface area contributed by atoms with Crippen LogP contribution in [0.5, 0.6) is 0 Å². The van der Waals surface area contributed by atoms with Gasteiger partial charge < -0.3 is 4.74 Å². The molecule has 2 aliphatic heterocycles. The Hall–Kier alpha value is -2.69. The number of hydrogen-bond donors (Lipinski definition) is 0. The molecule has 0 aliphatic carbocycles. The molecule has 158 valence electrons. The van der Waals surface area contributed by atoms with E-state index in [0.29, 0.717) is 17.9 Å². The van der Waals surface area contributed by atoms with Crippen molar-refractivity contribution in [2.45, 2.75) is 30.4 Å². The highest BCUT2D eigenvalue weighted by Gasteiger charge is 2.37. The molecule has 4 rings (SSSR count). The lowest BCUT2D eigenvalue weighted by molar-refractivity contribution is -0.384. The van der Waals surface area contributed by atoms with Crippen molar-refractivity contribution in [1.82, 2.24) is 4.31 Å². The SMILES string of the molecule is O=C1OCc2cc(Cl)ccc2N1C1CCN(S(=O)(=O)c2ccc([N+](=O)[O-])cc2)CC1. The van der Waals surface area contributed by atoms with Crippen LogP contribution in [-0.4, -0.2) is 42.9 Å². The van der Waals surface area contributed by atoms with Crippen LogP contribution in [0.25, 0.3) is 0 Å². The number of hydrogen-bond acceptors (Lipinski definition) is 6. The topological polar surface area (TPSA) is 110 Å². The van der Waals surface area contributed by atoms with Gasteiger partial charge in [0.25, 0.3) is 5.69 Å². The standard InChI is InChI=1S/C19H18ClN3O6S/c20-14-1-6-18-13(11-14)12-29-19(24)22(18)15-7-9-21(10-8-15)30(27,28)17-4-2-16(3-5-17)23(25)26/h1-6,11,15H,7-10,12H2. The van der Waals surface area contributed by atoms with Gasteiger partial charge in [-0.05, 0) is 43.2 Å². The van der Waals surface area contributed by atoms with Crippen molar-refractivity contribution in [2.24, 2.45) is 0 Å². The molecule has 0 bridgehead atoms. The van der Waals surface area contributed by atoms with Gasteiger partial charge in [0, 0.05) is 41.9 Å². The molecule has 2 aromatic carbocycles. The number of ether oxygens (including phenoxy) is 1. The fraction of sp³-hybridized carbons (Fsp3) is 0.316. The summed E-state index contributed by atoms with van der Waals surface area (Å²) in [5.41, 5.74) is 1.37. The van der Waals surface area contributed by atoms with E-state index in [4.69, 9.17) is 16.3 Å². The zero-order chi connectivity index (χ0) is 21.5. The van der Waals surface area contributed by atoms with Crippen LogP contribution in [0.1, 0.15) is 18.4 Å². The van der Waals surface area contributed by atoms with Crippen LogP contribution in [-0.2, 0) is 21.4 Å². The van der Waals surface area contributed by atoms with Gasteiger partial charge in [-0.2, -0.15) is 4.31 Å². The highest BCUT2D eigenvalue weighted by atomic mass is 35.5. The van der Waals surface area contributed by atoms with Crippen molar-refractivity contribution < 1.29 is 22.9 Å². The number of halogens is 1. The van der Waals surface area contributed by atoms with E-state index in [-0.39, 0.29) is 36.3 Å². The third-order valence-corrected chi connectivity index (χ3v) is 7.47. The lowest BCUT2D eigenvalue weighted by atomic mass is 10.0. The lowest BCUT2D eigenvalue weighted by Crippen LogP contribution is -2.50. The first-order valence-electron chi connectivity index (χ1n) is 9.26. The van der Waals surface area contributed by atoms with Crippen LogP contribution in [0.15, 0.2) is 47.4 Å². The molecule has 2 aliphatic rings. The predicted octanol–water partition coefficient (Wildman–Crippen LogP) is 3.56. The number of nitro benzene ring substituents is 1. The molecular formula is C19H18ClN3O6S. The van der Waals surface area contributed by atoms with Gasteiger partial charge in [0.05, 0.1) is 15.5 Å². The van der Waals surface area contributed by atoms with E-state index in [9.17, 15) is 23.3 Å². The summed E-state index contributed by atoms with van der Waals surface area (Å²) >= 11 is 6.03. The molecule has 2 aromatic rings. The molecule has 0 radical (unpaired) electrons. The van der Waals surface area contributed by atoms with E-state index in [1.165, 1.54) is 28.6 Å². The van der Waals surface area contributed by atoms with E-state index >= 15 is 0 Å². The number of non-ortho nitro benzene ring substituents is 1. The minimum absolute atomic E-state index is 0.00363. The summed E-state index contributed by atoms with van der Waals surface area (Å²) < 4.78 is 32.4. The third-order valence-electron chi connectivity index (χ3n) is 5.32. The second-order valence-electron chi connectivity index (χ2n) is 7.08.